The number of hydrogen-bond acceptors (Lipinski definition) is 13. The summed E-state index contributed by atoms with van der Waals surface area (Å²) < 4.78 is 270. The first-order valence-electron chi connectivity index (χ1n) is 43.6. The predicted octanol–water partition coefficient (Wildman–Crippen LogP) is 16.4. The Morgan fingerprint density at radius 1 is 0.336 bits per heavy atom. The molecule has 4 aromatic carbocycles. The molecule has 0 bridgehead atoms. The van der Waals surface area contributed by atoms with Crippen LogP contribution < -0.4 is 0 Å². The van der Waals surface area contributed by atoms with Crippen LogP contribution in [0.3, 0.4) is 0 Å². The zero-order valence-corrected chi connectivity index (χ0v) is 71.2. The van der Waals surface area contributed by atoms with Gasteiger partial charge < -0.3 is 24.5 Å². The molecule has 4 N–H and O–H groups in total. The normalized spacial score (nSPS) is 19.0. The third-order valence-electron chi connectivity index (χ3n) is 27.0. The van der Waals surface area contributed by atoms with Crippen LogP contribution in [0.2, 0.25) is 0 Å². The highest BCUT2D eigenvalue weighted by Gasteiger charge is 2.48. The van der Waals surface area contributed by atoms with E-state index in [0.29, 0.717) is 80.8 Å². The Morgan fingerprint density at radius 2 is 0.618 bits per heavy atom. The number of aromatic amines is 4. The fraction of sp³-hybridized carbons (Fsp3) is 0.528. The summed E-state index contributed by atoms with van der Waals surface area (Å²) in [5.74, 6) is -16.5. The lowest BCUT2D eigenvalue weighted by Gasteiger charge is -2.39. The number of piperidine rings is 4. The average Bonchev–Trinajstić information content (AvgIpc) is 1.55. The van der Waals surface area contributed by atoms with Crippen LogP contribution in [0.5, 0.6) is 0 Å². The number of ketones is 1. The molecule has 8 aliphatic heterocycles. The van der Waals surface area contributed by atoms with Gasteiger partial charge in [0.2, 0.25) is 5.91 Å². The maximum absolute atomic E-state index is 14.0. The van der Waals surface area contributed by atoms with Gasteiger partial charge in [0.15, 0.2) is 69.3 Å². The molecule has 42 heteroatoms. The molecule has 0 spiro atoms. The highest BCUT2D eigenvalue weighted by atomic mass is 19.4. The summed E-state index contributed by atoms with van der Waals surface area (Å²) in [5.41, 5.74) is 0.821. The monoisotopic (exact) mass is 1860 g/mol. The van der Waals surface area contributed by atoms with Gasteiger partial charge in [-0.3, -0.25) is 63.9 Å². The van der Waals surface area contributed by atoms with Crippen LogP contribution in [0, 0.1) is 52.5 Å². The first kappa shape index (κ1) is 94.9. The number of nitrogens with zero attached hydrogens (tertiary/aromatic N) is 12. The van der Waals surface area contributed by atoms with E-state index < -0.39 is 117 Å². The molecular weight excluding hydrogens is 1770 g/mol. The highest BCUT2D eigenvalue weighted by molar-refractivity contribution is 5.96. The lowest BCUT2D eigenvalue weighted by Crippen LogP contribution is -2.43. The van der Waals surface area contributed by atoms with Gasteiger partial charge in [0.25, 0.3) is 23.6 Å². The molecule has 706 valence electrons. The molecule has 131 heavy (non-hydrogen) atoms. The summed E-state index contributed by atoms with van der Waals surface area (Å²) in [5, 5.41) is 28.5. The number of halogens is 20. The van der Waals surface area contributed by atoms with E-state index in [9.17, 15) is 117 Å². The first-order chi connectivity index (χ1) is 62.1. The summed E-state index contributed by atoms with van der Waals surface area (Å²) in [7, 11) is 0. The molecule has 8 aromatic rings. The van der Waals surface area contributed by atoms with Gasteiger partial charge in [0.05, 0.1) is 58.1 Å². The Kier molecular flexibility index (Phi) is 27.8. The second-order valence-corrected chi connectivity index (χ2v) is 35.3. The average molecular weight is 1860 g/mol. The number of H-pyrrole nitrogens is 4. The van der Waals surface area contributed by atoms with Crippen LogP contribution >= 0.6 is 0 Å². The Labute approximate surface area is 737 Å². The van der Waals surface area contributed by atoms with E-state index in [1.807, 2.05) is 4.90 Å². The zero-order chi connectivity index (χ0) is 93.8. The lowest BCUT2D eigenvalue weighted by atomic mass is 9.85. The number of rotatable bonds is 13. The van der Waals surface area contributed by atoms with Gasteiger partial charge in [-0.2, -0.15) is 73.1 Å². The highest BCUT2D eigenvalue weighted by Crippen LogP contribution is 2.48. The number of fused-ring (bicyclic) bond motifs is 4. The van der Waals surface area contributed by atoms with Crippen molar-refractivity contribution in [2.75, 3.05) is 91.6 Å². The van der Waals surface area contributed by atoms with E-state index in [1.165, 1.54) is 55.8 Å². The third kappa shape index (κ3) is 20.6. The minimum absolute atomic E-state index is 0.0480. The number of benzene rings is 4. The summed E-state index contributed by atoms with van der Waals surface area (Å²) in [6, 6.07) is 7.50. The summed E-state index contributed by atoms with van der Waals surface area (Å²) in [4.78, 5) is 89.8. The minimum atomic E-state index is -5.02. The Balaban J connectivity index is 0.000000134. The smallest absolute Gasteiger partial charge is 0.337 e. The van der Waals surface area contributed by atoms with Gasteiger partial charge in [-0.1, -0.05) is 30.7 Å². The second-order valence-electron chi connectivity index (χ2n) is 35.3. The molecule has 22 nitrogen and oxygen atoms in total. The second kappa shape index (κ2) is 38.4. The fourth-order valence-corrected chi connectivity index (χ4v) is 19.7. The van der Waals surface area contributed by atoms with Crippen molar-refractivity contribution in [3.05, 3.63) is 207 Å². The van der Waals surface area contributed by atoms with Crippen LogP contribution in [-0.2, 0) is 86.2 Å². The SMILES string of the molecule is CC(=O)CN1CCc2c(C(=O)N3CCC(c4ccc(F)c(F)c4C(F)(F)F)CC3)n[nH]c2C1.CC(=O)N1CCc2c(C(=O)N3CCC(c4ccc(F)c(F)c4C(F)(F)F)CC3)n[nH]c2C1.O=C(c1n[nH]c2c1CCN(C1CCC1)C2)N1CCC(c2ccc(F)c(F)c2C(F)(F)F)CC1.O=C(c1n[nH]c2c1CCN(CC1CC1)C2)N1CCC(c2ccc(F)c(F)c2C(F)(F)F)CC1. The zero-order valence-electron chi connectivity index (χ0n) is 71.2. The fourth-order valence-electron chi connectivity index (χ4n) is 19.7. The van der Waals surface area contributed by atoms with E-state index in [1.54, 1.807) is 14.7 Å². The molecule has 12 heterocycles. The third-order valence-corrected chi connectivity index (χ3v) is 27.0. The van der Waals surface area contributed by atoms with Crippen molar-refractivity contribution in [3.8, 4) is 0 Å². The quantitative estimate of drug-likeness (QED) is 0.0786. The van der Waals surface area contributed by atoms with Crippen LogP contribution in [0.25, 0.3) is 0 Å². The number of carbonyl (C=O) groups excluding carboxylic acids is 6. The molecule has 4 aromatic heterocycles. The van der Waals surface area contributed by atoms with E-state index in [-0.39, 0.29) is 173 Å². The molecule has 2 saturated carbocycles. The lowest BCUT2D eigenvalue weighted by molar-refractivity contribution is -0.142. The largest absolute Gasteiger partial charge is 0.419 e. The number of carbonyl (C=O) groups is 6. The number of Topliss-reactive ketones (excluding diaryl/α,β-unsaturated/α-hetero) is 1. The van der Waals surface area contributed by atoms with Crippen molar-refractivity contribution in [1.82, 2.24) is 80.0 Å². The number of nitrogens with one attached hydrogen (secondary N) is 4. The molecule has 0 radical (unpaired) electrons. The van der Waals surface area contributed by atoms with Crippen molar-refractivity contribution in [2.24, 2.45) is 5.92 Å². The van der Waals surface area contributed by atoms with Gasteiger partial charge in [-0.15, -0.1) is 0 Å². The number of hydrogen-bond donors (Lipinski definition) is 4. The van der Waals surface area contributed by atoms with E-state index in [4.69, 9.17) is 0 Å². The molecule has 18 rings (SSSR count). The van der Waals surface area contributed by atoms with Crippen LogP contribution in [0.15, 0.2) is 48.5 Å². The summed E-state index contributed by atoms with van der Waals surface area (Å²) >= 11 is 0. The van der Waals surface area contributed by atoms with Crippen LogP contribution in [0.4, 0.5) is 87.8 Å². The van der Waals surface area contributed by atoms with Gasteiger partial charge >= 0.3 is 24.7 Å². The molecule has 10 aliphatic rings. The maximum Gasteiger partial charge on any atom is 0.419 e. The molecule has 4 saturated heterocycles. The number of likely N-dealkylation sites (tertiary alicyclic amines) is 4. The van der Waals surface area contributed by atoms with Gasteiger partial charge in [0, 0.05) is 140 Å². The predicted molar refractivity (Wildman–Crippen MR) is 429 cm³/mol. The van der Waals surface area contributed by atoms with Crippen LogP contribution in [0.1, 0.15) is 252 Å². The first-order valence-corrected chi connectivity index (χ1v) is 43.6. The van der Waals surface area contributed by atoms with E-state index in [2.05, 4.69) is 50.6 Å². The standard InChI is InChI=1S/2C23H25F5N4O.C22H23F5N4O2.C21H21F5N4O2/c24-17-4-3-15(19(20(17)25)23(26,27)28)14-5-9-32(10-6-14)22(33)21-16-7-8-31(11-13-1-2-13)12-18(16)29-30-21;24-17-5-4-15(19(20(17)25)23(26,27)28)13-6-9-31(10-7-13)22(33)21-16-8-11-32(14-2-1-3-14)12-18(16)29-30-21;1-12(32)10-30-7-6-15-17(11-30)28-29-20(15)21(33)31-8-4-13(5-9-31)14-2-3-16(23)19(24)18(14)22(25,26)27;1-11(31)30-9-6-14-16(10-30)27-28-19(14)20(32)29-7-4-12(5-8-29)13-2-3-15(22)18(23)17(13)21(24,25)26/h3-4,13-14H,1-2,5-12H2,(H,29,30);4-5,13-14H,1-3,6-12H2,(H,29,30);2-3,13H,4-11H2,1H3,(H,28,29);2-3,12H,4-10H2,1H3,(H,27,28). The molecule has 0 atom stereocenters. The summed E-state index contributed by atoms with van der Waals surface area (Å²) in [6.45, 7) is 11.1. The molecule has 6 fully saturated rings. The van der Waals surface area contributed by atoms with Gasteiger partial charge in [-0.25, -0.2) is 35.1 Å². The Hall–Kier alpha value is -10.8. The molecule has 5 amide bonds. The van der Waals surface area contributed by atoms with Gasteiger partial charge in [-0.05, 0) is 186 Å². The molecule has 2 aliphatic carbocycles. The molecular formula is C89H94F20N16O6. The van der Waals surface area contributed by atoms with Crippen molar-refractivity contribution in [2.45, 2.75) is 204 Å². The number of alkyl halides is 12. The van der Waals surface area contributed by atoms with Crippen molar-refractivity contribution < 1.29 is 117 Å². The Morgan fingerprint density at radius 3 is 0.901 bits per heavy atom. The van der Waals surface area contributed by atoms with Crippen molar-refractivity contribution in [3.63, 3.8) is 0 Å². The molecule has 0 unspecified atom stereocenters. The topological polar surface area (TPSA) is 243 Å². The number of aromatic nitrogens is 8. The Bertz CT molecular complexity index is 5580. The van der Waals surface area contributed by atoms with Crippen molar-refractivity contribution >= 4 is 35.3 Å². The van der Waals surface area contributed by atoms with E-state index >= 15 is 0 Å². The minimum Gasteiger partial charge on any atom is -0.337 e. The number of amides is 5. The van der Waals surface area contributed by atoms with Gasteiger partial charge in [0.1, 0.15) is 5.78 Å². The maximum atomic E-state index is 14.0. The van der Waals surface area contributed by atoms with E-state index in [0.717, 1.165) is 127 Å². The van der Waals surface area contributed by atoms with Crippen molar-refractivity contribution in [1.29, 1.82) is 0 Å². The van der Waals surface area contributed by atoms with Crippen LogP contribution in [-0.4, -0.2) is 213 Å². The summed E-state index contributed by atoms with van der Waals surface area (Å²) in [6.07, 6.45) is -9.57.